The predicted octanol–water partition coefficient (Wildman–Crippen LogP) is 8.10. The minimum Gasteiger partial charge on any atom is -0.451 e. The maximum atomic E-state index is 8.27. The van der Waals surface area contributed by atoms with Gasteiger partial charge in [0.25, 0.3) is 0 Å². The molecule has 192 valence electrons. The minimum absolute atomic E-state index is 0.134. The molecule has 0 fully saturated rings. The summed E-state index contributed by atoms with van der Waals surface area (Å²) in [6.07, 6.45) is 4.03. The van der Waals surface area contributed by atoms with Crippen LogP contribution in [0.25, 0.3) is 0 Å². The van der Waals surface area contributed by atoms with Crippen LogP contribution in [0.4, 0.5) is 11.4 Å². The molecular weight excluding hydrogens is 491 g/mol. The number of aromatic nitrogens is 1. The summed E-state index contributed by atoms with van der Waals surface area (Å²) in [5.41, 5.74) is 4.39. The summed E-state index contributed by atoms with van der Waals surface area (Å²) < 4.78 is 37.9. The van der Waals surface area contributed by atoms with Crippen LogP contribution in [0.2, 0.25) is 10.0 Å². The molecule has 2 N–H and O–H groups in total. The van der Waals surface area contributed by atoms with Crippen LogP contribution >= 0.6 is 23.2 Å². The Morgan fingerprint density at radius 3 is 1.97 bits per heavy atom. The Bertz CT molecular complexity index is 1330. The van der Waals surface area contributed by atoms with E-state index in [9.17, 15) is 0 Å². The Labute approximate surface area is 230 Å². The van der Waals surface area contributed by atoms with E-state index in [1.54, 1.807) is 36.6 Å². The third-order valence-corrected chi connectivity index (χ3v) is 5.44. The highest BCUT2D eigenvalue weighted by molar-refractivity contribution is 6.31. The summed E-state index contributed by atoms with van der Waals surface area (Å²) in [7, 11) is 0. The van der Waals surface area contributed by atoms with Crippen molar-refractivity contribution in [3.63, 3.8) is 0 Å². The van der Waals surface area contributed by atoms with Gasteiger partial charge in [-0.3, -0.25) is 4.99 Å². The molecule has 0 aliphatic carbocycles. The fourth-order valence-electron chi connectivity index (χ4n) is 3.42. The van der Waals surface area contributed by atoms with Gasteiger partial charge >= 0.3 is 0 Å². The van der Waals surface area contributed by atoms with Crippen molar-refractivity contribution in [2.24, 2.45) is 16.8 Å². The normalized spacial score (nSPS) is 14.9. The second kappa shape index (κ2) is 14.1. The molecule has 0 bridgehead atoms. The SMILES string of the molecule is [2H]C([2H])(c1cc(Cl)ccc1NCC1=NCC=C1)C(C)C.[2H]C([2H])(c1cc(Cl)ccc1NCc1cocn1)C(C)C. The summed E-state index contributed by atoms with van der Waals surface area (Å²) >= 11 is 12.0. The number of halogens is 2. The van der Waals surface area contributed by atoms with Gasteiger partial charge in [0, 0.05) is 26.9 Å². The van der Waals surface area contributed by atoms with E-state index < -0.39 is 12.7 Å². The number of benzene rings is 2. The molecule has 2 heterocycles. The van der Waals surface area contributed by atoms with Crippen molar-refractivity contribution in [3.8, 4) is 0 Å². The van der Waals surface area contributed by atoms with Gasteiger partial charge in [-0.15, -0.1) is 0 Å². The first-order chi connectivity index (χ1) is 18.8. The smallest absolute Gasteiger partial charge is 0.180 e. The minimum atomic E-state index is -1.46. The quantitative estimate of drug-likeness (QED) is 0.278. The van der Waals surface area contributed by atoms with Gasteiger partial charge in [-0.25, -0.2) is 4.98 Å². The van der Waals surface area contributed by atoms with Crippen LogP contribution in [0.5, 0.6) is 0 Å². The van der Waals surface area contributed by atoms with Gasteiger partial charge in [0.2, 0.25) is 0 Å². The highest BCUT2D eigenvalue weighted by atomic mass is 35.5. The van der Waals surface area contributed by atoms with Crippen molar-refractivity contribution >= 4 is 40.3 Å². The van der Waals surface area contributed by atoms with Crippen molar-refractivity contribution in [2.75, 3.05) is 23.7 Å². The number of aliphatic imine (C=N–C) groups is 1. The lowest BCUT2D eigenvalue weighted by molar-refractivity contribution is 0.556. The van der Waals surface area contributed by atoms with E-state index in [2.05, 4.69) is 20.6 Å². The van der Waals surface area contributed by atoms with Gasteiger partial charge in [0.15, 0.2) is 6.39 Å². The van der Waals surface area contributed by atoms with E-state index in [1.807, 2.05) is 45.9 Å². The van der Waals surface area contributed by atoms with Crippen LogP contribution in [0, 0.1) is 11.8 Å². The number of hydrogen-bond acceptors (Lipinski definition) is 5. The van der Waals surface area contributed by atoms with Crippen molar-refractivity contribution in [1.29, 1.82) is 0 Å². The first kappa shape index (κ1) is 22.4. The predicted molar refractivity (Wildman–Crippen MR) is 154 cm³/mol. The topological polar surface area (TPSA) is 62.5 Å². The average molecular weight is 532 g/mol. The molecule has 7 heteroatoms. The van der Waals surface area contributed by atoms with Crippen molar-refractivity contribution in [1.82, 2.24) is 4.98 Å². The van der Waals surface area contributed by atoms with Crippen molar-refractivity contribution in [2.45, 2.75) is 47.0 Å². The second-order valence-electron chi connectivity index (χ2n) is 8.90. The molecule has 4 rings (SSSR count). The van der Waals surface area contributed by atoms with Gasteiger partial charge in [-0.05, 0) is 78.2 Å². The van der Waals surface area contributed by atoms with Gasteiger partial charge in [-0.1, -0.05) is 57.0 Å². The number of rotatable bonds is 10. The summed E-state index contributed by atoms with van der Waals surface area (Å²) in [4.78, 5) is 8.35. The maximum Gasteiger partial charge on any atom is 0.180 e. The zero-order valence-electron chi connectivity index (χ0n) is 25.1. The van der Waals surface area contributed by atoms with Crippen LogP contribution in [-0.2, 0) is 19.3 Å². The van der Waals surface area contributed by atoms with Gasteiger partial charge in [0.1, 0.15) is 6.26 Å². The van der Waals surface area contributed by atoms with Crippen molar-refractivity contribution < 1.29 is 9.90 Å². The summed E-state index contributed by atoms with van der Waals surface area (Å²) in [6.45, 7) is 9.24. The van der Waals surface area contributed by atoms with E-state index in [-0.39, 0.29) is 11.8 Å². The molecule has 1 aromatic heterocycles. The first-order valence-electron chi connectivity index (χ1n) is 14.0. The van der Waals surface area contributed by atoms with Crippen LogP contribution in [-0.4, -0.2) is 23.8 Å². The Morgan fingerprint density at radius 1 is 0.917 bits per heavy atom. The molecular formula is C29H36Cl2N4O. The average Bonchev–Trinajstić information content (AvgIpc) is 3.62. The van der Waals surface area contributed by atoms with Gasteiger partial charge < -0.3 is 15.1 Å². The number of anilines is 2. The molecule has 5 nitrogen and oxygen atoms in total. The van der Waals surface area contributed by atoms with Crippen molar-refractivity contribution in [3.05, 3.63) is 88.1 Å². The second-order valence-corrected chi connectivity index (χ2v) is 9.77. The molecule has 0 spiro atoms. The third-order valence-electron chi connectivity index (χ3n) is 4.96. The molecule has 1 aliphatic rings. The molecule has 0 amide bonds. The van der Waals surface area contributed by atoms with E-state index in [0.29, 0.717) is 34.3 Å². The zero-order chi connectivity index (χ0) is 29.5. The highest BCUT2D eigenvalue weighted by Gasteiger charge is 2.08. The van der Waals surface area contributed by atoms with Gasteiger partial charge in [-0.2, -0.15) is 0 Å². The number of nitrogens with zero attached hydrogens (tertiary/aromatic N) is 2. The van der Waals surface area contributed by atoms with E-state index in [4.69, 9.17) is 33.1 Å². The molecule has 36 heavy (non-hydrogen) atoms. The molecule has 0 unspecified atom stereocenters. The molecule has 0 saturated carbocycles. The fourth-order valence-corrected chi connectivity index (χ4v) is 3.77. The lowest BCUT2D eigenvalue weighted by atomic mass is 10.0. The number of oxazole rings is 1. The standard InChI is InChI=1S/C15H19ClN2.C14H17ClN2O/c1-11(2)8-12-9-13(16)5-6-15(12)18-10-14-4-3-7-17-14;1-10(2)5-11-6-12(15)3-4-14(11)16-7-13-8-18-9-17-13/h3-6,9,11,18H,7-8,10H2,1-2H3;3-4,6,8-10,16H,5,7H2,1-2H3/i8D2;5D2. The monoisotopic (exact) mass is 530 g/mol. The van der Waals surface area contributed by atoms with Crippen LogP contribution in [0.15, 0.2) is 70.6 Å². The lowest BCUT2D eigenvalue weighted by Gasteiger charge is -2.14. The number of hydrogen-bond donors (Lipinski definition) is 2. The molecule has 0 saturated heterocycles. The van der Waals surface area contributed by atoms with Crippen LogP contribution in [0.1, 0.15) is 50.0 Å². The third kappa shape index (κ3) is 9.36. The van der Waals surface area contributed by atoms with Crippen LogP contribution in [0.3, 0.4) is 0 Å². The maximum absolute atomic E-state index is 8.27. The lowest BCUT2D eigenvalue weighted by Crippen LogP contribution is -2.12. The summed E-state index contributed by atoms with van der Waals surface area (Å²) in [6, 6.07) is 10.5. The Balaban J connectivity index is 0.000000220. The molecule has 3 aromatic rings. The van der Waals surface area contributed by atoms with E-state index in [0.717, 1.165) is 29.3 Å². The zero-order valence-corrected chi connectivity index (χ0v) is 22.6. The van der Waals surface area contributed by atoms with Gasteiger partial charge in [0.05, 0.1) is 31.0 Å². The molecule has 0 radical (unpaired) electrons. The summed E-state index contributed by atoms with van der Waals surface area (Å²) in [5.74, 6) is -0.293. The highest BCUT2D eigenvalue weighted by Crippen LogP contribution is 2.25. The van der Waals surface area contributed by atoms with E-state index >= 15 is 0 Å². The Kier molecular flexibility index (Phi) is 8.79. The first-order valence-corrected chi connectivity index (χ1v) is 12.7. The number of nitrogens with one attached hydrogen (secondary N) is 2. The molecule has 0 atom stereocenters. The van der Waals surface area contributed by atoms with E-state index in [1.165, 1.54) is 6.39 Å². The summed E-state index contributed by atoms with van der Waals surface area (Å²) in [5, 5.41) is 7.52. The fraction of sp³-hybridized carbons (Fsp3) is 0.379. The molecule has 1 aliphatic heterocycles. The van der Waals surface area contributed by atoms with Crippen LogP contribution < -0.4 is 10.6 Å². The largest absolute Gasteiger partial charge is 0.451 e. The Morgan fingerprint density at radius 2 is 1.50 bits per heavy atom. The Hall–Kier alpha value is -2.76. The molecule has 2 aromatic carbocycles.